The second kappa shape index (κ2) is 12.4. The lowest BCUT2D eigenvalue weighted by molar-refractivity contribution is -0.138. The van der Waals surface area contributed by atoms with Crippen molar-refractivity contribution < 1.29 is 24.2 Å². The normalized spacial score (nSPS) is 14.1. The van der Waals surface area contributed by atoms with Gasteiger partial charge in [0.1, 0.15) is 6.61 Å². The highest BCUT2D eigenvalue weighted by Gasteiger charge is 2.29. The first kappa shape index (κ1) is 26.3. The van der Waals surface area contributed by atoms with Crippen LogP contribution in [0, 0.1) is 17.8 Å². The van der Waals surface area contributed by atoms with Crippen LogP contribution in [0.25, 0.3) is 11.1 Å². The van der Waals surface area contributed by atoms with Crippen LogP contribution in [0.15, 0.2) is 48.5 Å². The molecule has 0 heterocycles. The van der Waals surface area contributed by atoms with Crippen LogP contribution in [0.4, 0.5) is 4.79 Å². The van der Waals surface area contributed by atoms with Gasteiger partial charge in [-0.1, -0.05) is 69.3 Å². The summed E-state index contributed by atoms with van der Waals surface area (Å²) in [5.74, 6) is -1.04. The molecule has 1 aliphatic rings. The molecule has 0 bridgehead atoms. The van der Waals surface area contributed by atoms with Gasteiger partial charge in [0.25, 0.3) is 0 Å². The molecule has 2 aromatic carbocycles. The summed E-state index contributed by atoms with van der Waals surface area (Å²) < 4.78 is 5.53. The predicted octanol–water partition coefficient (Wildman–Crippen LogP) is 4.80. The number of carbonyl (C=O) groups excluding carboxylic acids is 2. The van der Waals surface area contributed by atoms with Crippen molar-refractivity contribution >= 4 is 18.0 Å². The highest BCUT2D eigenvalue weighted by molar-refractivity contribution is 5.79. The van der Waals surface area contributed by atoms with E-state index in [-0.39, 0.29) is 36.7 Å². The van der Waals surface area contributed by atoms with Crippen LogP contribution in [0.5, 0.6) is 0 Å². The van der Waals surface area contributed by atoms with Gasteiger partial charge in [-0.2, -0.15) is 0 Å². The van der Waals surface area contributed by atoms with E-state index < -0.39 is 12.1 Å². The number of aliphatic carboxylic acids is 1. The third-order valence-corrected chi connectivity index (χ3v) is 6.47. The van der Waals surface area contributed by atoms with Crippen molar-refractivity contribution in [2.24, 2.45) is 17.8 Å². The number of carboxylic acid groups (broad SMARTS) is 1. The van der Waals surface area contributed by atoms with Crippen molar-refractivity contribution in [3.05, 3.63) is 59.7 Å². The number of alkyl carbamates (subject to hydrolysis) is 1. The minimum atomic E-state index is -0.856. The van der Waals surface area contributed by atoms with E-state index in [1.165, 1.54) is 11.1 Å². The van der Waals surface area contributed by atoms with Crippen LogP contribution >= 0.6 is 0 Å². The maximum Gasteiger partial charge on any atom is 0.407 e. The number of fused-ring (bicyclic) bond motifs is 3. The molecular formula is C28H36N2O5. The van der Waals surface area contributed by atoms with E-state index in [2.05, 4.69) is 34.9 Å². The fourth-order valence-electron chi connectivity index (χ4n) is 4.74. The van der Waals surface area contributed by atoms with E-state index in [1.54, 1.807) is 6.92 Å². The monoisotopic (exact) mass is 480 g/mol. The minimum Gasteiger partial charge on any atom is -0.481 e. The highest BCUT2D eigenvalue weighted by atomic mass is 16.5. The second-order valence-corrected chi connectivity index (χ2v) is 9.78. The van der Waals surface area contributed by atoms with Gasteiger partial charge in [0.05, 0.1) is 0 Å². The Morgan fingerprint density at radius 3 is 2.11 bits per heavy atom. The third-order valence-electron chi connectivity index (χ3n) is 6.47. The molecule has 0 radical (unpaired) electrons. The molecule has 1 aliphatic carbocycles. The van der Waals surface area contributed by atoms with E-state index in [4.69, 9.17) is 9.84 Å². The van der Waals surface area contributed by atoms with Crippen molar-refractivity contribution in [3.63, 3.8) is 0 Å². The van der Waals surface area contributed by atoms with Crippen molar-refractivity contribution in [1.29, 1.82) is 0 Å². The molecule has 35 heavy (non-hydrogen) atoms. The largest absolute Gasteiger partial charge is 0.481 e. The number of amides is 2. The Kier molecular flexibility index (Phi) is 9.29. The second-order valence-electron chi connectivity index (χ2n) is 9.78. The van der Waals surface area contributed by atoms with Crippen LogP contribution < -0.4 is 10.6 Å². The van der Waals surface area contributed by atoms with Crippen molar-refractivity contribution in [2.45, 2.75) is 46.0 Å². The third kappa shape index (κ3) is 7.31. The van der Waals surface area contributed by atoms with Gasteiger partial charge in [0.15, 0.2) is 0 Å². The maximum atomic E-state index is 12.4. The first-order valence-electron chi connectivity index (χ1n) is 12.3. The molecule has 0 saturated carbocycles. The van der Waals surface area contributed by atoms with Gasteiger partial charge in [-0.25, -0.2) is 4.79 Å². The SMILES string of the molecule is CC(C)C[C@H](CNC(=O)C(C)CCNC(=O)OCC1c2ccccc2-c2ccccc21)CC(=O)O. The smallest absolute Gasteiger partial charge is 0.407 e. The molecule has 0 aliphatic heterocycles. The first-order chi connectivity index (χ1) is 16.8. The standard InChI is InChI=1S/C28H36N2O5/c1-18(2)14-20(15-26(31)32)16-30-27(33)19(3)12-13-29-28(34)35-17-25-23-10-6-4-8-21(23)22-9-5-7-11-24(22)25/h4-11,18-20,25H,12-17H2,1-3H3,(H,29,34)(H,30,33)(H,31,32)/t19?,20-/m0/s1. The van der Waals surface area contributed by atoms with Gasteiger partial charge in [-0.15, -0.1) is 0 Å². The average Bonchev–Trinajstić information content (AvgIpc) is 3.14. The van der Waals surface area contributed by atoms with Gasteiger partial charge in [0, 0.05) is 31.3 Å². The number of carbonyl (C=O) groups is 3. The summed E-state index contributed by atoms with van der Waals surface area (Å²) in [7, 11) is 0. The van der Waals surface area contributed by atoms with E-state index in [1.807, 2.05) is 38.1 Å². The minimum absolute atomic E-state index is 0.00226. The van der Waals surface area contributed by atoms with Crippen molar-refractivity contribution in [1.82, 2.24) is 10.6 Å². The quantitative estimate of drug-likeness (QED) is 0.405. The summed E-state index contributed by atoms with van der Waals surface area (Å²) in [6, 6.07) is 16.3. The van der Waals surface area contributed by atoms with Gasteiger partial charge in [0.2, 0.25) is 5.91 Å². The number of nitrogens with one attached hydrogen (secondary N) is 2. The lowest BCUT2D eigenvalue weighted by atomic mass is 9.94. The fraction of sp³-hybridized carbons (Fsp3) is 0.464. The Morgan fingerprint density at radius 2 is 1.54 bits per heavy atom. The van der Waals surface area contributed by atoms with Crippen LogP contribution in [0.3, 0.4) is 0 Å². The molecule has 0 aromatic heterocycles. The topological polar surface area (TPSA) is 105 Å². The Hall–Kier alpha value is -3.35. The van der Waals surface area contributed by atoms with Crippen LogP contribution in [0.2, 0.25) is 0 Å². The fourth-order valence-corrected chi connectivity index (χ4v) is 4.74. The first-order valence-corrected chi connectivity index (χ1v) is 12.3. The molecule has 2 aromatic rings. The zero-order valence-corrected chi connectivity index (χ0v) is 20.8. The number of rotatable bonds is 12. The van der Waals surface area contributed by atoms with E-state index >= 15 is 0 Å². The highest BCUT2D eigenvalue weighted by Crippen LogP contribution is 2.44. The summed E-state index contributed by atoms with van der Waals surface area (Å²) in [5.41, 5.74) is 4.67. The Bertz CT molecular complexity index is 990. The Morgan fingerprint density at radius 1 is 0.943 bits per heavy atom. The molecular weight excluding hydrogens is 444 g/mol. The number of hydrogen-bond acceptors (Lipinski definition) is 4. The average molecular weight is 481 g/mol. The van der Waals surface area contributed by atoms with Gasteiger partial charge in [-0.05, 0) is 46.9 Å². The molecule has 3 N–H and O–H groups in total. The summed E-state index contributed by atoms with van der Waals surface area (Å²) in [5, 5.41) is 14.7. The lowest BCUT2D eigenvalue weighted by Crippen LogP contribution is -2.36. The molecule has 0 fully saturated rings. The molecule has 188 valence electrons. The van der Waals surface area contributed by atoms with Gasteiger partial charge < -0.3 is 20.5 Å². The summed E-state index contributed by atoms with van der Waals surface area (Å²) in [6.07, 6.45) is 0.738. The molecule has 0 spiro atoms. The van der Waals surface area contributed by atoms with Crippen LogP contribution in [-0.4, -0.2) is 42.8 Å². The Balaban J connectivity index is 1.41. The molecule has 2 amide bonds. The van der Waals surface area contributed by atoms with E-state index in [0.29, 0.717) is 25.4 Å². The Labute approximate surface area is 207 Å². The molecule has 7 nitrogen and oxygen atoms in total. The lowest BCUT2D eigenvalue weighted by Gasteiger charge is -2.19. The number of carboxylic acids is 1. The predicted molar refractivity (Wildman–Crippen MR) is 135 cm³/mol. The summed E-state index contributed by atoms with van der Waals surface area (Å²) in [6.45, 7) is 6.77. The summed E-state index contributed by atoms with van der Waals surface area (Å²) >= 11 is 0. The number of ether oxygens (including phenoxy) is 1. The zero-order valence-electron chi connectivity index (χ0n) is 20.8. The van der Waals surface area contributed by atoms with Crippen molar-refractivity contribution in [3.8, 4) is 11.1 Å². The maximum absolute atomic E-state index is 12.4. The molecule has 0 saturated heterocycles. The molecule has 3 rings (SSSR count). The van der Waals surface area contributed by atoms with Crippen LogP contribution in [-0.2, 0) is 14.3 Å². The molecule has 1 unspecified atom stereocenters. The number of hydrogen-bond donors (Lipinski definition) is 3. The van der Waals surface area contributed by atoms with Crippen LogP contribution in [0.1, 0.15) is 57.1 Å². The molecule has 7 heteroatoms. The van der Waals surface area contributed by atoms with E-state index in [0.717, 1.165) is 17.5 Å². The van der Waals surface area contributed by atoms with Crippen molar-refractivity contribution in [2.75, 3.05) is 19.7 Å². The van der Waals surface area contributed by atoms with E-state index in [9.17, 15) is 14.4 Å². The number of benzene rings is 2. The zero-order chi connectivity index (χ0) is 25.4. The van der Waals surface area contributed by atoms with Gasteiger partial charge in [-0.3, -0.25) is 9.59 Å². The summed E-state index contributed by atoms with van der Waals surface area (Å²) in [4.78, 5) is 35.8. The van der Waals surface area contributed by atoms with Gasteiger partial charge >= 0.3 is 12.1 Å². The molecule has 2 atom stereocenters.